The number of rotatable bonds is 3. The zero-order chi connectivity index (χ0) is 14.9. The average molecular weight is 300 g/mol. The number of benzene rings is 1. The molecule has 2 aromatic rings. The highest BCUT2D eigenvalue weighted by Crippen LogP contribution is 2.34. The summed E-state index contributed by atoms with van der Waals surface area (Å²) in [5.41, 5.74) is 1.59. The van der Waals surface area contributed by atoms with E-state index >= 15 is 0 Å². The van der Waals surface area contributed by atoms with E-state index in [-0.39, 0.29) is 11.1 Å². The topological polar surface area (TPSA) is 15.3 Å². The standard InChI is InChI=1S/C18H24N2S/c1-17(2)14-20(12-16-10-7-11-21-16)18(3,13-19-17)15-8-5-4-6-9-15/h4-11,19H,12-14H2,1-3H3. The molecule has 1 aliphatic rings. The Bertz CT molecular complexity index is 577. The predicted octanol–water partition coefficient (Wildman–Crippen LogP) is 3.85. The molecule has 21 heavy (non-hydrogen) atoms. The number of hydrogen-bond donors (Lipinski definition) is 1. The number of hydrogen-bond acceptors (Lipinski definition) is 3. The van der Waals surface area contributed by atoms with Crippen molar-refractivity contribution >= 4 is 11.3 Å². The lowest BCUT2D eigenvalue weighted by molar-refractivity contribution is 0.0180. The summed E-state index contributed by atoms with van der Waals surface area (Å²) in [6, 6.07) is 15.3. The van der Waals surface area contributed by atoms with E-state index in [1.54, 1.807) is 0 Å². The zero-order valence-corrected chi connectivity index (χ0v) is 13.9. The van der Waals surface area contributed by atoms with Gasteiger partial charge in [-0.25, -0.2) is 0 Å². The summed E-state index contributed by atoms with van der Waals surface area (Å²) in [4.78, 5) is 4.07. The SMILES string of the molecule is CC1(C)CN(Cc2cccs2)C(C)(c2ccccc2)CN1. The van der Waals surface area contributed by atoms with Gasteiger partial charge in [0.25, 0.3) is 0 Å². The van der Waals surface area contributed by atoms with E-state index in [4.69, 9.17) is 0 Å². The van der Waals surface area contributed by atoms with Gasteiger partial charge in [0.1, 0.15) is 0 Å². The van der Waals surface area contributed by atoms with Gasteiger partial charge < -0.3 is 5.32 Å². The summed E-state index contributed by atoms with van der Waals surface area (Å²) >= 11 is 1.85. The molecule has 3 heteroatoms. The average Bonchev–Trinajstić information content (AvgIpc) is 2.97. The first-order valence-corrected chi connectivity index (χ1v) is 8.46. The van der Waals surface area contributed by atoms with Gasteiger partial charge >= 0.3 is 0 Å². The molecule has 0 bridgehead atoms. The van der Waals surface area contributed by atoms with Crippen LogP contribution in [0.4, 0.5) is 0 Å². The molecular formula is C18H24N2S. The Morgan fingerprint density at radius 1 is 1.10 bits per heavy atom. The van der Waals surface area contributed by atoms with Gasteiger partial charge in [-0.3, -0.25) is 4.90 Å². The number of thiophene rings is 1. The molecule has 1 unspecified atom stereocenters. The van der Waals surface area contributed by atoms with E-state index in [9.17, 15) is 0 Å². The van der Waals surface area contributed by atoms with Crippen LogP contribution in [0.5, 0.6) is 0 Å². The normalized spacial score (nSPS) is 25.9. The third kappa shape index (κ3) is 3.05. The first-order valence-electron chi connectivity index (χ1n) is 7.58. The minimum absolute atomic E-state index is 0.0424. The Morgan fingerprint density at radius 3 is 2.52 bits per heavy atom. The van der Waals surface area contributed by atoms with Gasteiger partial charge in [0.15, 0.2) is 0 Å². The van der Waals surface area contributed by atoms with Gasteiger partial charge in [0.2, 0.25) is 0 Å². The van der Waals surface area contributed by atoms with Crippen molar-refractivity contribution in [1.29, 1.82) is 0 Å². The van der Waals surface area contributed by atoms with Crippen molar-refractivity contribution in [3.05, 3.63) is 58.3 Å². The van der Waals surface area contributed by atoms with E-state index in [0.29, 0.717) is 0 Å². The van der Waals surface area contributed by atoms with Gasteiger partial charge in [0.05, 0.1) is 5.54 Å². The summed E-state index contributed by atoms with van der Waals surface area (Å²) in [7, 11) is 0. The molecule has 1 N–H and O–H groups in total. The second-order valence-corrected chi connectivity index (χ2v) is 7.84. The van der Waals surface area contributed by atoms with E-state index < -0.39 is 0 Å². The molecule has 1 saturated heterocycles. The fourth-order valence-corrected chi connectivity index (χ4v) is 3.85. The highest BCUT2D eigenvalue weighted by molar-refractivity contribution is 7.09. The Balaban J connectivity index is 1.93. The van der Waals surface area contributed by atoms with Gasteiger partial charge in [-0.05, 0) is 37.8 Å². The van der Waals surface area contributed by atoms with Crippen LogP contribution in [0.3, 0.4) is 0 Å². The Morgan fingerprint density at radius 2 is 1.86 bits per heavy atom. The van der Waals surface area contributed by atoms with Gasteiger partial charge in [-0.1, -0.05) is 36.4 Å². The summed E-state index contributed by atoms with van der Waals surface area (Å²) in [5.74, 6) is 0. The molecule has 1 aromatic heterocycles. The van der Waals surface area contributed by atoms with E-state index in [1.165, 1.54) is 10.4 Å². The third-order valence-electron chi connectivity index (χ3n) is 4.52. The number of piperazine rings is 1. The molecule has 1 atom stereocenters. The van der Waals surface area contributed by atoms with Gasteiger partial charge in [-0.2, -0.15) is 0 Å². The first-order chi connectivity index (χ1) is 10.00. The second kappa shape index (κ2) is 5.56. The molecule has 2 heterocycles. The summed E-state index contributed by atoms with van der Waals surface area (Å²) in [6.07, 6.45) is 0. The van der Waals surface area contributed by atoms with E-state index in [0.717, 1.165) is 19.6 Å². The molecule has 0 spiro atoms. The van der Waals surface area contributed by atoms with Crippen LogP contribution in [0.1, 0.15) is 31.2 Å². The highest BCUT2D eigenvalue weighted by atomic mass is 32.1. The lowest BCUT2D eigenvalue weighted by Crippen LogP contribution is -2.65. The molecule has 1 aromatic carbocycles. The van der Waals surface area contributed by atoms with Crippen LogP contribution in [-0.2, 0) is 12.1 Å². The Labute approximate surface area is 131 Å². The van der Waals surface area contributed by atoms with Crippen LogP contribution in [0.2, 0.25) is 0 Å². The fraction of sp³-hybridized carbons (Fsp3) is 0.444. The molecule has 2 nitrogen and oxygen atoms in total. The van der Waals surface area contributed by atoms with Crippen molar-refractivity contribution in [1.82, 2.24) is 10.2 Å². The van der Waals surface area contributed by atoms with Crippen molar-refractivity contribution in [3.8, 4) is 0 Å². The molecule has 1 aliphatic heterocycles. The molecule has 0 aliphatic carbocycles. The largest absolute Gasteiger partial charge is 0.308 e. The molecule has 0 amide bonds. The highest BCUT2D eigenvalue weighted by Gasteiger charge is 2.41. The quantitative estimate of drug-likeness (QED) is 0.926. The van der Waals surface area contributed by atoms with Gasteiger partial charge in [-0.15, -0.1) is 11.3 Å². The van der Waals surface area contributed by atoms with Crippen LogP contribution in [0.25, 0.3) is 0 Å². The number of nitrogens with one attached hydrogen (secondary N) is 1. The molecule has 0 saturated carbocycles. The van der Waals surface area contributed by atoms with Crippen molar-refractivity contribution in [2.24, 2.45) is 0 Å². The Hall–Kier alpha value is -1.16. The molecule has 3 rings (SSSR count). The molecule has 1 fully saturated rings. The Kier molecular flexibility index (Phi) is 3.91. The molecule has 112 valence electrons. The molecular weight excluding hydrogens is 276 g/mol. The lowest BCUT2D eigenvalue weighted by atomic mass is 9.84. The summed E-state index contributed by atoms with van der Waals surface area (Å²) < 4.78 is 0. The molecule has 0 radical (unpaired) electrons. The maximum atomic E-state index is 3.72. The zero-order valence-electron chi connectivity index (χ0n) is 13.1. The van der Waals surface area contributed by atoms with Crippen molar-refractivity contribution in [2.45, 2.75) is 38.4 Å². The predicted molar refractivity (Wildman–Crippen MR) is 90.6 cm³/mol. The van der Waals surface area contributed by atoms with Crippen LogP contribution < -0.4 is 5.32 Å². The fourth-order valence-electron chi connectivity index (χ4n) is 3.13. The lowest BCUT2D eigenvalue weighted by Gasteiger charge is -2.51. The van der Waals surface area contributed by atoms with Crippen molar-refractivity contribution in [3.63, 3.8) is 0 Å². The van der Waals surface area contributed by atoms with Crippen LogP contribution in [-0.4, -0.2) is 23.5 Å². The van der Waals surface area contributed by atoms with Gasteiger partial charge in [0, 0.05) is 30.1 Å². The van der Waals surface area contributed by atoms with Crippen LogP contribution in [0.15, 0.2) is 47.8 Å². The summed E-state index contributed by atoms with van der Waals surface area (Å²) in [5, 5.41) is 5.89. The third-order valence-corrected chi connectivity index (χ3v) is 5.38. The van der Waals surface area contributed by atoms with Crippen LogP contribution in [0, 0.1) is 0 Å². The second-order valence-electron chi connectivity index (χ2n) is 6.81. The van der Waals surface area contributed by atoms with Crippen LogP contribution >= 0.6 is 11.3 Å². The van der Waals surface area contributed by atoms with E-state index in [2.05, 4.69) is 78.8 Å². The summed E-state index contributed by atoms with van der Waals surface area (Å²) in [6.45, 7) is 10.00. The minimum Gasteiger partial charge on any atom is -0.308 e. The monoisotopic (exact) mass is 300 g/mol. The minimum atomic E-state index is 0.0424. The number of nitrogens with zero attached hydrogens (tertiary/aromatic N) is 1. The smallest absolute Gasteiger partial charge is 0.0561 e. The van der Waals surface area contributed by atoms with Crippen molar-refractivity contribution in [2.75, 3.05) is 13.1 Å². The maximum absolute atomic E-state index is 3.72. The van der Waals surface area contributed by atoms with Crippen molar-refractivity contribution < 1.29 is 0 Å². The van der Waals surface area contributed by atoms with E-state index in [1.807, 2.05) is 11.3 Å². The maximum Gasteiger partial charge on any atom is 0.0561 e. The first kappa shape index (κ1) is 14.8.